The molecule has 0 radical (unpaired) electrons. The highest BCUT2D eigenvalue weighted by molar-refractivity contribution is 6.36. The molecule has 1 aliphatic rings. The summed E-state index contributed by atoms with van der Waals surface area (Å²) in [7, 11) is 0. The number of aryl methyl sites for hydroxylation is 1. The van der Waals surface area contributed by atoms with Gasteiger partial charge in [0.1, 0.15) is 11.3 Å². The second kappa shape index (κ2) is 5.38. The van der Waals surface area contributed by atoms with Crippen molar-refractivity contribution < 1.29 is 4.74 Å². The number of halogens is 1. The Morgan fingerprint density at radius 1 is 1.26 bits per heavy atom. The van der Waals surface area contributed by atoms with E-state index >= 15 is 0 Å². The first kappa shape index (κ1) is 12.7. The van der Waals surface area contributed by atoms with Gasteiger partial charge in [0.25, 0.3) is 0 Å². The molecule has 3 rings (SSSR count). The van der Waals surface area contributed by atoms with Crippen molar-refractivity contribution in [1.29, 1.82) is 0 Å². The maximum atomic E-state index is 6.57. The van der Waals surface area contributed by atoms with E-state index in [1.807, 2.05) is 18.2 Å². The molecule has 2 nitrogen and oxygen atoms in total. The van der Waals surface area contributed by atoms with E-state index in [0.29, 0.717) is 0 Å². The Morgan fingerprint density at radius 2 is 2.11 bits per heavy atom. The zero-order valence-electron chi connectivity index (χ0n) is 11.2. The fraction of sp³-hybridized carbons (Fsp3) is 0.438. The Hall–Kier alpha value is -1.28. The summed E-state index contributed by atoms with van der Waals surface area (Å²) in [6.07, 6.45) is 5.51. The second-order valence-corrected chi connectivity index (χ2v) is 5.44. The molecular weight excluding hydrogens is 258 g/mol. The van der Waals surface area contributed by atoms with Gasteiger partial charge in [-0.1, -0.05) is 30.7 Å². The number of hydrogen-bond acceptors (Lipinski definition) is 2. The third kappa shape index (κ3) is 2.30. The van der Waals surface area contributed by atoms with E-state index in [4.69, 9.17) is 21.3 Å². The van der Waals surface area contributed by atoms with Crippen LogP contribution in [0.4, 0.5) is 0 Å². The van der Waals surface area contributed by atoms with E-state index in [1.165, 1.54) is 18.4 Å². The zero-order chi connectivity index (χ0) is 13.2. The van der Waals surface area contributed by atoms with Gasteiger partial charge in [0.2, 0.25) is 0 Å². The van der Waals surface area contributed by atoms with Crippen molar-refractivity contribution in [3.63, 3.8) is 0 Å². The van der Waals surface area contributed by atoms with Gasteiger partial charge in [-0.05, 0) is 43.7 Å². The molecule has 0 amide bonds. The highest BCUT2D eigenvalue weighted by Gasteiger charge is 2.18. The molecular formula is C16H18ClNO. The van der Waals surface area contributed by atoms with Gasteiger partial charge in [-0.25, -0.2) is 4.98 Å². The summed E-state index contributed by atoms with van der Waals surface area (Å²) in [6, 6.07) is 6.02. The Bertz CT molecular complexity index is 609. The lowest BCUT2D eigenvalue weighted by molar-refractivity contribution is 0.320. The Morgan fingerprint density at radius 3 is 2.95 bits per heavy atom. The van der Waals surface area contributed by atoms with Crippen LogP contribution in [0.2, 0.25) is 5.02 Å². The molecule has 0 fully saturated rings. The maximum Gasteiger partial charge on any atom is 0.145 e. The first-order chi connectivity index (χ1) is 9.31. The lowest BCUT2D eigenvalue weighted by Gasteiger charge is -2.18. The average molecular weight is 276 g/mol. The van der Waals surface area contributed by atoms with Crippen molar-refractivity contribution in [3.8, 4) is 5.75 Å². The van der Waals surface area contributed by atoms with Crippen LogP contribution in [0.3, 0.4) is 0 Å². The minimum atomic E-state index is 0.718. The van der Waals surface area contributed by atoms with Gasteiger partial charge in [0.05, 0.1) is 11.6 Å². The smallest absolute Gasteiger partial charge is 0.145 e. The van der Waals surface area contributed by atoms with Gasteiger partial charge in [0.15, 0.2) is 0 Å². The number of benzene rings is 1. The van der Waals surface area contributed by atoms with Gasteiger partial charge in [-0.3, -0.25) is 0 Å². The summed E-state index contributed by atoms with van der Waals surface area (Å²) in [6.45, 7) is 2.82. The highest BCUT2D eigenvalue weighted by atomic mass is 35.5. The first-order valence-electron chi connectivity index (χ1n) is 7.04. The van der Waals surface area contributed by atoms with Crippen LogP contribution in [0.1, 0.15) is 37.4 Å². The van der Waals surface area contributed by atoms with Crippen LogP contribution in [0.15, 0.2) is 18.2 Å². The molecule has 0 bridgehead atoms. The fourth-order valence-corrected chi connectivity index (χ4v) is 3.05. The Kier molecular flexibility index (Phi) is 3.61. The summed E-state index contributed by atoms with van der Waals surface area (Å²) in [5.41, 5.74) is 3.32. The van der Waals surface area contributed by atoms with E-state index in [1.54, 1.807) is 0 Å². The summed E-state index contributed by atoms with van der Waals surface area (Å²) in [5, 5.41) is 1.90. The van der Waals surface area contributed by atoms with Crippen LogP contribution in [-0.2, 0) is 12.8 Å². The quantitative estimate of drug-likeness (QED) is 0.819. The number of fused-ring (bicyclic) bond motifs is 2. The predicted molar refractivity (Wildman–Crippen MR) is 79.2 cm³/mol. The number of ether oxygens (including phenoxy) is 1. The molecule has 0 spiro atoms. The molecule has 19 heavy (non-hydrogen) atoms. The number of rotatable bonds is 3. The standard InChI is InChI=1S/C16H18ClNO/c1-2-10-19-14-9-5-7-12-15(17)11-6-3-4-8-13(11)18-16(12)14/h5,7,9H,2-4,6,8,10H2,1H3. The first-order valence-corrected chi connectivity index (χ1v) is 7.42. The van der Waals surface area contributed by atoms with E-state index in [-0.39, 0.29) is 0 Å². The van der Waals surface area contributed by atoms with Gasteiger partial charge in [0, 0.05) is 11.1 Å². The topological polar surface area (TPSA) is 22.1 Å². The molecule has 3 heteroatoms. The van der Waals surface area contributed by atoms with Crippen molar-refractivity contribution in [3.05, 3.63) is 34.5 Å². The molecule has 0 aliphatic heterocycles. The fourth-order valence-electron chi connectivity index (χ4n) is 2.69. The van der Waals surface area contributed by atoms with Gasteiger partial charge in [-0.2, -0.15) is 0 Å². The largest absolute Gasteiger partial charge is 0.491 e. The van der Waals surface area contributed by atoms with Crippen LogP contribution < -0.4 is 4.74 Å². The molecule has 0 saturated carbocycles. The SMILES string of the molecule is CCCOc1cccc2c(Cl)c3c(nc12)CCCC3. The average Bonchev–Trinajstić information content (AvgIpc) is 2.46. The van der Waals surface area contributed by atoms with E-state index in [9.17, 15) is 0 Å². The van der Waals surface area contributed by atoms with Crippen molar-refractivity contribution in [2.24, 2.45) is 0 Å². The lowest BCUT2D eigenvalue weighted by atomic mass is 9.94. The van der Waals surface area contributed by atoms with E-state index in [2.05, 4.69) is 6.92 Å². The number of nitrogens with zero attached hydrogens (tertiary/aromatic N) is 1. The second-order valence-electron chi connectivity index (χ2n) is 5.06. The molecule has 1 heterocycles. The molecule has 0 saturated heterocycles. The molecule has 0 atom stereocenters. The van der Waals surface area contributed by atoms with Crippen LogP contribution in [0.5, 0.6) is 5.75 Å². The normalized spacial score (nSPS) is 14.4. The minimum Gasteiger partial charge on any atom is -0.491 e. The van der Waals surface area contributed by atoms with Crippen molar-refractivity contribution in [1.82, 2.24) is 4.98 Å². The maximum absolute atomic E-state index is 6.57. The van der Waals surface area contributed by atoms with Crippen LogP contribution in [0, 0.1) is 0 Å². The summed E-state index contributed by atoms with van der Waals surface area (Å²) in [4.78, 5) is 4.82. The minimum absolute atomic E-state index is 0.718. The van der Waals surface area contributed by atoms with Crippen LogP contribution in [0.25, 0.3) is 10.9 Å². The lowest BCUT2D eigenvalue weighted by Crippen LogP contribution is -2.07. The number of aromatic nitrogens is 1. The predicted octanol–water partition coefficient (Wildman–Crippen LogP) is 4.56. The van der Waals surface area contributed by atoms with Crippen LogP contribution >= 0.6 is 11.6 Å². The van der Waals surface area contributed by atoms with Gasteiger partial charge >= 0.3 is 0 Å². The highest BCUT2D eigenvalue weighted by Crippen LogP contribution is 2.36. The Labute approximate surface area is 118 Å². The third-order valence-electron chi connectivity index (χ3n) is 3.65. The molecule has 1 aromatic carbocycles. The van der Waals surface area contributed by atoms with Gasteiger partial charge in [-0.15, -0.1) is 0 Å². The number of pyridine rings is 1. The summed E-state index contributed by atoms with van der Waals surface area (Å²) < 4.78 is 5.79. The van der Waals surface area contributed by atoms with Crippen molar-refractivity contribution in [2.75, 3.05) is 6.61 Å². The van der Waals surface area contributed by atoms with E-state index < -0.39 is 0 Å². The van der Waals surface area contributed by atoms with Crippen molar-refractivity contribution in [2.45, 2.75) is 39.0 Å². The van der Waals surface area contributed by atoms with Gasteiger partial charge < -0.3 is 4.74 Å². The number of hydrogen-bond donors (Lipinski definition) is 0. The zero-order valence-corrected chi connectivity index (χ0v) is 12.0. The molecule has 2 aromatic rings. The molecule has 0 N–H and O–H groups in total. The summed E-state index contributed by atoms with van der Waals surface area (Å²) >= 11 is 6.57. The molecule has 0 unspecified atom stereocenters. The van der Waals surface area contributed by atoms with Crippen LogP contribution in [-0.4, -0.2) is 11.6 Å². The molecule has 1 aliphatic carbocycles. The molecule has 1 aromatic heterocycles. The summed E-state index contributed by atoms with van der Waals surface area (Å²) in [5.74, 6) is 0.856. The monoisotopic (exact) mass is 275 g/mol. The number of para-hydroxylation sites is 1. The third-order valence-corrected chi connectivity index (χ3v) is 4.08. The Balaban J connectivity index is 2.17. The molecule has 100 valence electrons. The van der Waals surface area contributed by atoms with E-state index in [0.717, 1.165) is 53.2 Å². The van der Waals surface area contributed by atoms with Crippen molar-refractivity contribution >= 4 is 22.5 Å².